The molecule has 1 heterocycles. The number of rotatable bonds is 6. The Balaban J connectivity index is 0.000000188. The topological polar surface area (TPSA) is 6.48 Å². The van der Waals surface area contributed by atoms with Crippen LogP contribution in [0.2, 0.25) is 0 Å². The predicted octanol–water partition coefficient (Wildman–Crippen LogP) is 13.7. The van der Waals surface area contributed by atoms with E-state index in [1.807, 2.05) is 18.2 Å². The van der Waals surface area contributed by atoms with Crippen molar-refractivity contribution in [3.63, 3.8) is 0 Å². The molecule has 289 valence electrons. The Labute approximate surface area is 332 Å². The second-order valence-corrected chi connectivity index (χ2v) is 21.3. The van der Waals surface area contributed by atoms with Crippen molar-refractivity contribution in [1.29, 1.82) is 0 Å². The number of anilines is 2. The van der Waals surface area contributed by atoms with Crippen LogP contribution in [0, 0.1) is 55.6 Å². The van der Waals surface area contributed by atoms with Crippen LogP contribution in [0.4, 0.5) is 11.4 Å². The van der Waals surface area contributed by atoms with Crippen molar-refractivity contribution in [2.24, 2.45) is 0 Å². The third kappa shape index (κ3) is 12.2. The SMILES string of the molecule is C1CCC([PH+](C2CCCCC2)C2CCCCC2)CC1.Cc1cc(C)c(N2[CH-]N(c3c(C)cc(C)cc3C)CC2)c(C)c1.[CH3-].[Cl][Ru]=[CH]c1ccccc1. The van der Waals surface area contributed by atoms with E-state index in [1.54, 1.807) is 96.3 Å². The van der Waals surface area contributed by atoms with Crippen molar-refractivity contribution in [2.75, 3.05) is 22.9 Å². The van der Waals surface area contributed by atoms with Crippen LogP contribution in [0.25, 0.3) is 0 Å². The summed E-state index contributed by atoms with van der Waals surface area (Å²) >= 11 is -0.0765. The quantitative estimate of drug-likeness (QED) is 0.139. The summed E-state index contributed by atoms with van der Waals surface area (Å²) in [4.78, 5) is 4.81. The average Bonchev–Trinajstić information content (AvgIpc) is 3.59. The van der Waals surface area contributed by atoms with Gasteiger partial charge in [-0.25, -0.2) is 0 Å². The zero-order chi connectivity index (χ0) is 36.2. The second kappa shape index (κ2) is 22.1. The molecular weight excluding hydrogens is 760 g/mol. The van der Waals surface area contributed by atoms with Crippen LogP contribution in [0.5, 0.6) is 0 Å². The number of nitrogens with zero attached hydrogens (tertiary/aromatic N) is 2. The van der Waals surface area contributed by atoms with Crippen LogP contribution in [-0.4, -0.2) is 34.7 Å². The summed E-state index contributed by atoms with van der Waals surface area (Å²) in [6.07, 6.45) is 23.8. The number of aryl methyl sites for hydroxylation is 6. The van der Waals surface area contributed by atoms with Gasteiger partial charge in [-0.3, -0.25) is 0 Å². The van der Waals surface area contributed by atoms with Gasteiger partial charge in [-0.05, 0) is 141 Å². The van der Waals surface area contributed by atoms with Crippen molar-refractivity contribution >= 4 is 33.6 Å². The van der Waals surface area contributed by atoms with Gasteiger partial charge in [0.2, 0.25) is 0 Å². The van der Waals surface area contributed by atoms with Gasteiger partial charge in [-0.15, -0.1) is 0 Å². The first kappa shape index (κ1) is 43.2. The maximum atomic E-state index is 5.57. The molecule has 7 rings (SSSR count). The molecule has 3 saturated carbocycles. The van der Waals surface area contributed by atoms with Gasteiger partial charge in [0.1, 0.15) is 0 Å². The third-order valence-electron chi connectivity index (χ3n) is 11.9. The van der Waals surface area contributed by atoms with Gasteiger partial charge in [0.05, 0.1) is 17.0 Å². The van der Waals surface area contributed by atoms with Crippen molar-refractivity contribution < 1.29 is 15.7 Å². The molecule has 5 heteroatoms. The Bertz CT molecular complexity index is 1370. The number of benzene rings is 3. The van der Waals surface area contributed by atoms with Crippen molar-refractivity contribution in [1.82, 2.24) is 0 Å². The molecule has 3 aliphatic carbocycles. The molecule has 0 aromatic heterocycles. The molecule has 0 N–H and O–H groups in total. The summed E-state index contributed by atoms with van der Waals surface area (Å²) in [5.41, 5.74) is 15.7. The van der Waals surface area contributed by atoms with Crippen LogP contribution in [0.3, 0.4) is 0 Å². The molecule has 0 bridgehead atoms. The van der Waals surface area contributed by atoms with E-state index in [0.717, 1.165) is 13.1 Å². The molecule has 1 saturated heterocycles. The molecule has 0 radical (unpaired) electrons. The van der Waals surface area contributed by atoms with Crippen LogP contribution < -0.4 is 9.80 Å². The Hall–Kier alpha value is -1.53. The zero-order valence-electron chi connectivity index (χ0n) is 33.7. The monoisotopic (exact) mass is 830 g/mol. The summed E-state index contributed by atoms with van der Waals surface area (Å²) in [6.45, 7) is 17.6. The minimum atomic E-state index is -0.0765. The molecule has 0 spiro atoms. The molecule has 0 atom stereocenters. The van der Waals surface area contributed by atoms with E-state index in [9.17, 15) is 0 Å². The van der Waals surface area contributed by atoms with Crippen molar-refractivity contribution in [2.45, 2.75) is 155 Å². The molecule has 2 nitrogen and oxygen atoms in total. The van der Waals surface area contributed by atoms with Gasteiger partial charge in [0, 0.05) is 32.4 Å². The van der Waals surface area contributed by atoms with E-state index in [4.69, 9.17) is 9.69 Å². The Kier molecular flexibility index (Phi) is 18.4. The van der Waals surface area contributed by atoms with Crippen molar-refractivity contribution in [3.8, 4) is 0 Å². The van der Waals surface area contributed by atoms with Gasteiger partial charge in [0.25, 0.3) is 0 Å². The van der Waals surface area contributed by atoms with E-state index in [-0.39, 0.29) is 31.0 Å². The Morgan fingerprint density at radius 2 is 0.923 bits per heavy atom. The second-order valence-electron chi connectivity index (χ2n) is 16.1. The minimum absolute atomic E-state index is 0. The summed E-state index contributed by atoms with van der Waals surface area (Å²) in [6, 6.07) is 19.2. The Morgan fingerprint density at radius 3 is 1.25 bits per heavy atom. The third-order valence-corrected chi connectivity index (χ3v) is 17.7. The summed E-state index contributed by atoms with van der Waals surface area (Å²) in [5.74, 6) is 0. The van der Waals surface area contributed by atoms with Crippen LogP contribution in [-0.2, 0) is 15.7 Å². The van der Waals surface area contributed by atoms with Crippen LogP contribution in [0.1, 0.15) is 135 Å². The Morgan fingerprint density at radius 1 is 0.577 bits per heavy atom. The van der Waals surface area contributed by atoms with E-state index in [2.05, 4.69) is 99.0 Å². The molecule has 4 aliphatic rings. The summed E-state index contributed by atoms with van der Waals surface area (Å²) < 4.78 is 2.06. The fraction of sp³-hybridized carbons (Fsp3) is 0.553. The van der Waals surface area contributed by atoms with E-state index < -0.39 is 0 Å². The maximum absolute atomic E-state index is 5.57. The molecule has 1 aliphatic heterocycles. The molecule has 52 heavy (non-hydrogen) atoms. The molecule has 3 aromatic carbocycles. The fourth-order valence-electron chi connectivity index (χ4n) is 9.96. The number of hydrogen-bond donors (Lipinski definition) is 0. The fourth-order valence-corrected chi connectivity index (χ4v) is 16.3. The standard InChI is InChI=1S/C21H27N2.C18H33P.C7H6.CH3.ClH.Ru/c1-14-9-16(3)20(17(4)10-14)22-7-8-23(13-22)21-18(5)11-15(2)12-19(21)6;1-4-10-16(11-5-1)19(17-12-6-2-7-13-17)18-14-8-3-9-15-18;1-7-5-3-2-4-6-7;;;/h9-13H,7-8H2,1-6H3;16-18H,1-15H2;1-6H;1H3;1H;/q-1;;;-1;;+1. The average molecular weight is 831 g/mol. The summed E-state index contributed by atoms with van der Waals surface area (Å²) in [5, 5.41) is 0. The molecule has 4 fully saturated rings. The van der Waals surface area contributed by atoms with E-state index in [1.165, 1.54) is 67.3 Å². The van der Waals surface area contributed by atoms with Gasteiger partial charge in [0.15, 0.2) is 0 Å². The van der Waals surface area contributed by atoms with Gasteiger partial charge < -0.3 is 17.2 Å². The zero-order valence-corrected chi connectivity index (χ0v) is 37.2. The summed E-state index contributed by atoms with van der Waals surface area (Å²) in [7, 11) is 5.52. The van der Waals surface area contributed by atoms with Crippen molar-refractivity contribution in [3.05, 3.63) is 108 Å². The van der Waals surface area contributed by atoms with Crippen LogP contribution >= 0.6 is 17.6 Å². The first-order valence-corrected chi connectivity index (χ1v) is 25.2. The molecule has 0 unspecified atom stereocenters. The first-order chi connectivity index (χ1) is 24.7. The predicted molar refractivity (Wildman–Crippen MR) is 233 cm³/mol. The molecule has 3 aromatic rings. The van der Waals surface area contributed by atoms with E-state index in [0.29, 0.717) is 0 Å². The van der Waals surface area contributed by atoms with Gasteiger partial charge >= 0.3 is 65.9 Å². The number of hydrogen-bond acceptors (Lipinski definition) is 2. The number of halogens is 1. The first-order valence-electron chi connectivity index (χ1n) is 20.3. The normalized spacial score (nSPS) is 19.0. The van der Waals surface area contributed by atoms with Gasteiger partial charge in [-0.2, -0.15) is 6.67 Å². The molecule has 0 amide bonds. The van der Waals surface area contributed by atoms with E-state index >= 15 is 0 Å². The van der Waals surface area contributed by atoms with Gasteiger partial charge in [-0.1, -0.05) is 54.7 Å². The van der Waals surface area contributed by atoms with Crippen LogP contribution in [0.15, 0.2) is 54.6 Å². The molecular formula is C47H70ClN2PRu-.